The molecule has 1 rings (SSSR count). The molecule has 0 aromatic carbocycles. The van der Waals surface area contributed by atoms with Crippen LogP contribution in [0.15, 0.2) is 0 Å². The third kappa shape index (κ3) is 4.04. The lowest BCUT2D eigenvalue weighted by atomic mass is 10.2. The highest BCUT2D eigenvalue weighted by atomic mass is 16.6. The Morgan fingerprint density at radius 2 is 2.14 bits per heavy atom. The van der Waals surface area contributed by atoms with Gasteiger partial charge in [0.1, 0.15) is 11.4 Å². The van der Waals surface area contributed by atoms with Crippen LogP contribution in [0.4, 0.5) is 5.69 Å². The Labute approximate surface area is 129 Å². The zero-order valence-corrected chi connectivity index (χ0v) is 13.4. The minimum atomic E-state index is -0.455. The van der Waals surface area contributed by atoms with Crippen molar-refractivity contribution in [1.82, 2.24) is 14.7 Å². The Morgan fingerprint density at radius 1 is 1.50 bits per heavy atom. The summed E-state index contributed by atoms with van der Waals surface area (Å²) < 4.78 is 1.49. The first-order valence-electron chi connectivity index (χ1n) is 7.14. The van der Waals surface area contributed by atoms with E-state index in [1.807, 2.05) is 19.9 Å². The lowest BCUT2D eigenvalue weighted by molar-refractivity contribution is -0.386. The summed E-state index contributed by atoms with van der Waals surface area (Å²) in [4.78, 5) is 24.4. The van der Waals surface area contributed by atoms with Gasteiger partial charge in [-0.2, -0.15) is 10.4 Å². The Balaban J connectivity index is 2.77. The van der Waals surface area contributed by atoms with Gasteiger partial charge >= 0.3 is 5.69 Å². The lowest BCUT2D eigenvalue weighted by Crippen LogP contribution is -2.38. The van der Waals surface area contributed by atoms with E-state index in [2.05, 4.69) is 5.10 Å². The highest BCUT2D eigenvalue weighted by Gasteiger charge is 2.23. The van der Waals surface area contributed by atoms with Crippen LogP contribution in [0, 0.1) is 35.3 Å². The second kappa shape index (κ2) is 7.54. The molecule has 1 amide bonds. The Bertz CT molecular complexity index is 600. The molecular weight excluding hydrogens is 286 g/mol. The number of amides is 1. The number of carbonyl (C=O) groups is 1. The molecule has 8 nitrogen and oxygen atoms in total. The summed E-state index contributed by atoms with van der Waals surface area (Å²) in [6.07, 6.45) is 0.484. The molecule has 1 aromatic heterocycles. The van der Waals surface area contributed by atoms with E-state index in [1.54, 1.807) is 18.7 Å². The van der Waals surface area contributed by atoms with E-state index in [0.29, 0.717) is 17.9 Å². The highest BCUT2D eigenvalue weighted by Crippen LogP contribution is 2.22. The summed E-state index contributed by atoms with van der Waals surface area (Å²) in [5.41, 5.74) is 0.793. The largest absolute Gasteiger partial charge is 0.339 e. The van der Waals surface area contributed by atoms with E-state index in [-0.39, 0.29) is 37.0 Å². The van der Waals surface area contributed by atoms with Gasteiger partial charge in [0.15, 0.2) is 0 Å². The van der Waals surface area contributed by atoms with Gasteiger partial charge in [0.25, 0.3) is 0 Å². The van der Waals surface area contributed by atoms with Crippen LogP contribution in [0.25, 0.3) is 0 Å². The van der Waals surface area contributed by atoms with Crippen LogP contribution in [0.5, 0.6) is 0 Å². The molecule has 22 heavy (non-hydrogen) atoms. The van der Waals surface area contributed by atoms with E-state index in [0.717, 1.165) is 0 Å². The SMILES string of the molecule is Cc1nn(CCC(=O)N(CCC#N)C(C)C)c(C)c1[N+](=O)[O-]. The van der Waals surface area contributed by atoms with E-state index >= 15 is 0 Å². The summed E-state index contributed by atoms with van der Waals surface area (Å²) in [6, 6.07) is 2.04. The van der Waals surface area contributed by atoms with E-state index < -0.39 is 4.92 Å². The average molecular weight is 307 g/mol. The third-order valence-corrected chi connectivity index (χ3v) is 3.47. The number of carbonyl (C=O) groups excluding carboxylic acids is 1. The van der Waals surface area contributed by atoms with Gasteiger partial charge in [0, 0.05) is 19.0 Å². The van der Waals surface area contributed by atoms with Crippen molar-refractivity contribution in [2.75, 3.05) is 6.54 Å². The van der Waals surface area contributed by atoms with Crippen LogP contribution in [0.2, 0.25) is 0 Å². The Morgan fingerprint density at radius 3 is 2.59 bits per heavy atom. The number of nitro groups is 1. The van der Waals surface area contributed by atoms with Crippen LogP contribution in [-0.2, 0) is 11.3 Å². The van der Waals surface area contributed by atoms with Gasteiger partial charge in [-0.3, -0.25) is 19.6 Å². The second-order valence-corrected chi connectivity index (χ2v) is 5.34. The number of hydrogen-bond acceptors (Lipinski definition) is 5. The summed E-state index contributed by atoms with van der Waals surface area (Å²) in [5.74, 6) is -0.0829. The number of nitrogens with zero attached hydrogens (tertiary/aromatic N) is 5. The van der Waals surface area contributed by atoms with Crippen molar-refractivity contribution >= 4 is 11.6 Å². The zero-order valence-electron chi connectivity index (χ0n) is 13.4. The topological polar surface area (TPSA) is 105 Å². The molecule has 0 unspecified atom stereocenters. The fraction of sp³-hybridized carbons (Fsp3) is 0.643. The van der Waals surface area contributed by atoms with Crippen molar-refractivity contribution in [1.29, 1.82) is 5.26 Å². The molecule has 1 heterocycles. The molecule has 8 heteroatoms. The molecule has 1 aromatic rings. The van der Waals surface area contributed by atoms with Crippen LogP contribution >= 0.6 is 0 Å². The monoisotopic (exact) mass is 307 g/mol. The maximum absolute atomic E-state index is 12.2. The molecule has 0 N–H and O–H groups in total. The van der Waals surface area contributed by atoms with Crippen LogP contribution in [-0.4, -0.2) is 38.1 Å². The molecule has 0 atom stereocenters. The maximum atomic E-state index is 12.2. The number of nitriles is 1. The molecule has 0 aliphatic carbocycles. The van der Waals surface area contributed by atoms with E-state index in [1.165, 1.54) is 4.68 Å². The van der Waals surface area contributed by atoms with Crippen molar-refractivity contribution < 1.29 is 9.72 Å². The molecule has 0 aliphatic rings. The molecule has 0 bridgehead atoms. The van der Waals surface area contributed by atoms with Crippen molar-refractivity contribution in [3.8, 4) is 6.07 Å². The number of aryl methyl sites for hydroxylation is 2. The lowest BCUT2D eigenvalue weighted by Gasteiger charge is -2.25. The first kappa shape index (κ1) is 17.6. The average Bonchev–Trinajstić information content (AvgIpc) is 2.71. The smallest absolute Gasteiger partial charge is 0.312 e. The fourth-order valence-corrected chi connectivity index (χ4v) is 2.36. The summed E-state index contributed by atoms with van der Waals surface area (Å²) in [6.45, 7) is 7.67. The first-order chi connectivity index (χ1) is 10.3. The summed E-state index contributed by atoms with van der Waals surface area (Å²) >= 11 is 0. The standard InChI is InChI=1S/C14H21N5O3/c1-10(2)17(8-5-7-15)13(20)6-9-18-12(4)14(19(21)22)11(3)16-18/h10H,5-6,8-9H2,1-4H3. The number of aromatic nitrogens is 2. The third-order valence-electron chi connectivity index (χ3n) is 3.47. The number of rotatable bonds is 7. The van der Waals surface area contributed by atoms with E-state index in [9.17, 15) is 14.9 Å². The van der Waals surface area contributed by atoms with Gasteiger partial charge in [-0.05, 0) is 27.7 Å². The summed E-state index contributed by atoms with van der Waals surface area (Å²) in [7, 11) is 0. The highest BCUT2D eigenvalue weighted by molar-refractivity contribution is 5.76. The number of hydrogen-bond donors (Lipinski definition) is 0. The van der Waals surface area contributed by atoms with Crippen molar-refractivity contribution in [2.45, 2.75) is 53.1 Å². The van der Waals surface area contributed by atoms with Gasteiger partial charge in [0.2, 0.25) is 5.91 Å². The van der Waals surface area contributed by atoms with Crippen LogP contribution in [0.1, 0.15) is 38.1 Å². The van der Waals surface area contributed by atoms with Gasteiger partial charge in [-0.1, -0.05) is 0 Å². The quantitative estimate of drug-likeness (QED) is 0.565. The molecule has 0 saturated heterocycles. The first-order valence-corrected chi connectivity index (χ1v) is 7.14. The predicted molar refractivity (Wildman–Crippen MR) is 80.1 cm³/mol. The van der Waals surface area contributed by atoms with Crippen LogP contribution < -0.4 is 0 Å². The molecule has 120 valence electrons. The van der Waals surface area contributed by atoms with Gasteiger partial charge in [-0.15, -0.1) is 0 Å². The summed E-state index contributed by atoms with van der Waals surface area (Å²) in [5, 5.41) is 23.7. The molecule has 0 aliphatic heterocycles. The minimum absolute atomic E-state index is 0.00218. The van der Waals surface area contributed by atoms with Crippen LogP contribution in [0.3, 0.4) is 0 Å². The van der Waals surface area contributed by atoms with Crippen molar-refractivity contribution in [3.05, 3.63) is 21.5 Å². The van der Waals surface area contributed by atoms with Gasteiger partial charge in [0.05, 0.1) is 24.0 Å². The fourth-order valence-electron chi connectivity index (χ4n) is 2.36. The molecule has 0 fully saturated rings. The second-order valence-electron chi connectivity index (χ2n) is 5.34. The Hall–Kier alpha value is -2.43. The minimum Gasteiger partial charge on any atom is -0.339 e. The normalized spacial score (nSPS) is 10.5. The Kier molecular flexibility index (Phi) is 6.04. The van der Waals surface area contributed by atoms with Crippen molar-refractivity contribution in [3.63, 3.8) is 0 Å². The molecule has 0 saturated carbocycles. The predicted octanol–water partition coefficient (Wildman–Crippen LogP) is 1.95. The van der Waals surface area contributed by atoms with Gasteiger partial charge in [-0.25, -0.2) is 0 Å². The van der Waals surface area contributed by atoms with Crippen molar-refractivity contribution in [2.24, 2.45) is 0 Å². The van der Waals surface area contributed by atoms with Gasteiger partial charge < -0.3 is 4.90 Å². The maximum Gasteiger partial charge on any atom is 0.312 e. The molecule has 0 radical (unpaired) electrons. The zero-order chi connectivity index (χ0) is 16.9. The van der Waals surface area contributed by atoms with E-state index in [4.69, 9.17) is 5.26 Å². The molecule has 0 spiro atoms. The molecular formula is C14H21N5O3.